The van der Waals surface area contributed by atoms with E-state index < -0.39 is 0 Å². The molecule has 2 heterocycles. The van der Waals surface area contributed by atoms with E-state index >= 15 is 0 Å². The average molecular weight is 336 g/mol. The van der Waals surface area contributed by atoms with Gasteiger partial charge in [0.1, 0.15) is 0 Å². The summed E-state index contributed by atoms with van der Waals surface area (Å²) in [5.41, 5.74) is 10.1. The summed E-state index contributed by atoms with van der Waals surface area (Å²) in [7, 11) is 0. The van der Waals surface area contributed by atoms with Gasteiger partial charge in [-0.1, -0.05) is 36.9 Å². The topological polar surface area (TPSA) is 61.6 Å². The number of hydrogen-bond donors (Lipinski definition) is 2. The van der Waals surface area contributed by atoms with Crippen LogP contribution in [0.2, 0.25) is 0 Å². The Kier molecular flexibility index (Phi) is 5.05. The van der Waals surface area contributed by atoms with Crippen LogP contribution in [0.4, 0.5) is 0 Å². The molecule has 0 atom stereocenters. The van der Waals surface area contributed by atoms with E-state index in [-0.39, 0.29) is 5.91 Å². The number of carbonyl (C=O) groups excluding carboxylic acids is 1. The number of piperazine rings is 1. The zero-order valence-corrected chi connectivity index (χ0v) is 14.5. The minimum absolute atomic E-state index is 0.0392. The number of allylic oxidation sites excluding steroid dienone is 2. The predicted molar refractivity (Wildman–Crippen MR) is 101 cm³/mol. The molecule has 0 aromatic heterocycles. The first-order chi connectivity index (χ1) is 12.1. The zero-order valence-electron chi connectivity index (χ0n) is 14.5. The molecule has 5 nitrogen and oxygen atoms in total. The van der Waals surface area contributed by atoms with Crippen LogP contribution in [-0.4, -0.2) is 41.9 Å². The van der Waals surface area contributed by atoms with Crippen LogP contribution in [0.25, 0.3) is 5.70 Å². The van der Waals surface area contributed by atoms with Crippen LogP contribution in [0.3, 0.4) is 0 Å². The highest BCUT2D eigenvalue weighted by Crippen LogP contribution is 2.29. The van der Waals surface area contributed by atoms with Gasteiger partial charge >= 0.3 is 0 Å². The average Bonchev–Trinajstić information content (AvgIpc) is 2.64. The van der Waals surface area contributed by atoms with Crippen LogP contribution in [0, 0.1) is 0 Å². The molecule has 0 unspecified atom stereocenters. The summed E-state index contributed by atoms with van der Waals surface area (Å²) in [4.78, 5) is 16.6. The Hall–Kier alpha value is -2.79. The molecule has 5 heteroatoms. The van der Waals surface area contributed by atoms with Gasteiger partial charge in [0.25, 0.3) is 5.91 Å². The van der Waals surface area contributed by atoms with Crippen LogP contribution < -0.4 is 11.1 Å². The number of nitrogens with zero attached hydrogens (tertiary/aromatic N) is 2. The van der Waals surface area contributed by atoms with Gasteiger partial charge in [-0.3, -0.25) is 4.79 Å². The minimum atomic E-state index is 0.0392. The summed E-state index contributed by atoms with van der Waals surface area (Å²) in [6.07, 6.45) is 5.53. The molecule has 25 heavy (non-hydrogen) atoms. The Morgan fingerprint density at radius 1 is 1.16 bits per heavy atom. The molecule has 1 amide bonds. The molecule has 1 fully saturated rings. The summed E-state index contributed by atoms with van der Waals surface area (Å²) >= 11 is 0. The quantitative estimate of drug-likeness (QED) is 0.887. The van der Waals surface area contributed by atoms with E-state index in [1.165, 1.54) is 0 Å². The van der Waals surface area contributed by atoms with Gasteiger partial charge < -0.3 is 20.9 Å². The molecule has 0 saturated carbocycles. The molecular formula is C20H24N4O. The second-order valence-electron chi connectivity index (χ2n) is 6.22. The SMILES string of the molecule is C=C1C=CC(C(=O)N2CCNCC2)=CN1/C(=C(/C)N)c1ccccc1. The second kappa shape index (κ2) is 7.40. The first kappa shape index (κ1) is 17.0. The Labute approximate surface area is 148 Å². The third-order valence-corrected chi connectivity index (χ3v) is 4.35. The number of amides is 1. The van der Waals surface area contributed by atoms with Crippen LogP contribution in [0.1, 0.15) is 12.5 Å². The van der Waals surface area contributed by atoms with Crippen molar-refractivity contribution in [2.45, 2.75) is 6.92 Å². The predicted octanol–water partition coefficient (Wildman–Crippen LogP) is 2.03. The standard InChI is InChI=1S/C20H24N4O/c1-15-8-9-18(20(25)23-12-10-22-11-13-23)14-24(15)19(16(2)21)17-6-4-3-5-7-17/h3-9,14,22H,1,10-13,21H2,2H3/b19-16-. The van der Waals surface area contributed by atoms with Gasteiger partial charge in [-0.05, 0) is 19.1 Å². The van der Waals surface area contributed by atoms with Gasteiger partial charge in [0.2, 0.25) is 0 Å². The molecule has 1 aromatic carbocycles. The first-order valence-corrected chi connectivity index (χ1v) is 8.47. The Bertz CT molecular complexity index is 751. The van der Waals surface area contributed by atoms with Gasteiger partial charge in [0.05, 0.1) is 11.3 Å². The Morgan fingerprint density at radius 2 is 1.84 bits per heavy atom. The lowest BCUT2D eigenvalue weighted by atomic mass is 10.1. The molecule has 2 aliphatic rings. The number of rotatable bonds is 3. The summed E-state index contributed by atoms with van der Waals surface area (Å²) in [5.74, 6) is 0.0392. The highest BCUT2D eigenvalue weighted by Gasteiger charge is 2.23. The van der Waals surface area contributed by atoms with Crippen LogP contribution >= 0.6 is 0 Å². The zero-order chi connectivity index (χ0) is 17.8. The van der Waals surface area contributed by atoms with Crippen molar-refractivity contribution in [1.82, 2.24) is 15.1 Å². The van der Waals surface area contributed by atoms with E-state index in [2.05, 4.69) is 11.9 Å². The fourth-order valence-electron chi connectivity index (χ4n) is 3.07. The summed E-state index contributed by atoms with van der Waals surface area (Å²) in [5, 5.41) is 3.26. The maximum absolute atomic E-state index is 12.8. The summed E-state index contributed by atoms with van der Waals surface area (Å²) in [6, 6.07) is 9.91. The van der Waals surface area contributed by atoms with Crippen molar-refractivity contribution in [2.75, 3.05) is 26.2 Å². The molecule has 130 valence electrons. The van der Waals surface area contributed by atoms with Crippen molar-refractivity contribution < 1.29 is 4.79 Å². The van der Waals surface area contributed by atoms with Crippen molar-refractivity contribution >= 4 is 11.6 Å². The molecule has 0 radical (unpaired) electrons. The molecule has 1 saturated heterocycles. The molecule has 1 aromatic rings. The fourth-order valence-corrected chi connectivity index (χ4v) is 3.07. The van der Waals surface area contributed by atoms with Crippen molar-refractivity contribution in [1.29, 1.82) is 0 Å². The molecule has 3 N–H and O–H groups in total. The third kappa shape index (κ3) is 3.67. The number of carbonyl (C=O) groups is 1. The summed E-state index contributed by atoms with van der Waals surface area (Å²) < 4.78 is 0. The van der Waals surface area contributed by atoms with E-state index in [0.717, 1.165) is 43.1 Å². The number of nitrogens with two attached hydrogens (primary N) is 1. The number of hydrogen-bond acceptors (Lipinski definition) is 4. The lowest BCUT2D eigenvalue weighted by Crippen LogP contribution is -2.47. The fraction of sp³-hybridized carbons (Fsp3) is 0.250. The van der Waals surface area contributed by atoms with E-state index in [1.807, 2.05) is 65.4 Å². The van der Waals surface area contributed by atoms with Gasteiger partial charge in [-0.25, -0.2) is 0 Å². The Balaban J connectivity index is 1.93. The van der Waals surface area contributed by atoms with Gasteiger partial charge in [-0.15, -0.1) is 0 Å². The lowest BCUT2D eigenvalue weighted by Gasteiger charge is -2.32. The van der Waals surface area contributed by atoms with Crippen molar-refractivity contribution in [2.24, 2.45) is 5.73 Å². The van der Waals surface area contributed by atoms with Crippen molar-refractivity contribution in [3.63, 3.8) is 0 Å². The smallest absolute Gasteiger partial charge is 0.255 e. The van der Waals surface area contributed by atoms with Crippen molar-refractivity contribution in [3.05, 3.63) is 77.8 Å². The van der Waals surface area contributed by atoms with Crippen LogP contribution in [-0.2, 0) is 4.79 Å². The molecule has 2 aliphatic heterocycles. The van der Waals surface area contributed by atoms with E-state index in [9.17, 15) is 4.79 Å². The molecular weight excluding hydrogens is 312 g/mol. The summed E-state index contributed by atoms with van der Waals surface area (Å²) in [6.45, 7) is 9.07. The highest BCUT2D eigenvalue weighted by atomic mass is 16.2. The highest BCUT2D eigenvalue weighted by molar-refractivity contribution is 5.97. The minimum Gasteiger partial charge on any atom is -0.401 e. The Morgan fingerprint density at radius 3 is 2.48 bits per heavy atom. The number of benzene rings is 1. The maximum Gasteiger partial charge on any atom is 0.255 e. The third-order valence-electron chi connectivity index (χ3n) is 4.35. The molecule has 3 rings (SSSR count). The van der Waals surface area contributed by atoms with Crippen LogP contribution in [0.15, 0.2) is 72.2 Å². The monoisotopic (exact) mass is 336 g/mol. The number of nitrogens with one attached hydrogen (secondary N) is 1. The van der Waals surface area contributed by atoms with Crippen molar-refractivity contribution in [3.8, 4) is 0 Å². The van der Waals surface area contributed by atoms with Crippen LogP contribution in [0.5, 0.6) is 0 Å². The van der Waals surface area contributed by atoms with E-state index in [0.29, 0.717) is 11.3 Å². The second-order valence-corrected chi connectivity index (χ2v) is 6.22. The van der Waals surface area contributed by atoms with Gasteiger partial charge in [0, 0.05) is 49.3 Å². The van der Waals surface area contributed by atoms with Gasteiger partial charge in [0.15, 0.2) is 0 Å². The largest absolute Gasteiger partial charge is 0.401 e. The molecule has 0 aliphatic carbocycles. The maximum atomic E-state index is 12.8. The van der Waals surface area contributed by atoms with E-state index in [1.54, 1.807) is 0 Å². The molecule has 0 spiro atoms. The first-order valence-electron chi connectivity index (χ1n) is 8.47. The molecule has 0 bridgehead atoms. The van der Waals surface area contributed by atoms with Gasteiger partial charge in [-0.2, -0.15) is 0 Å². The lowest BCUT2D eigenvalue weighted by molar-refractivity contribution is -0.127. The van der Waals surface area contributed by atoms with E-state index in [4.69, 9.17) is 5.73 Å². The normalized spacial score (nSPS) is 18.8.